The Hall–Kier alpha value is -2.05. The van der Waals surface area contributed by atoms with Crippen molar-refractivity contribution < 1.29 is 4.74 Å². The van der Waals surface area contributed by atoms with Gasteiger partial charge >= 0.3 is 0 Å². The first kappa shape index (κ1) is 14.4. The number of fused-ring (bicyclic) bond motifs is 1. The number of ether oxygens (including phenoxy) is 1. The first-order valence-electron chi connectivity index (χ1n) is 7.07. The van der Waals surface area contributed by atoms with Gasteiger partial charge in [0.1, 0.15) is 11.8 Å². The van der Waals surface area contributed by atoms with E-state index in [1.807, 2.05) is 31.2 Å². The number of nitrogens with zero attached hydrogens (tertiary/aromatic N) is 1. The molecular weight excluding hydrogens is 248 g/mol. The highest BCUT2D eigenvalue weighted by molar-refractivity contribution is 5.87. The number of benzene rings is 2. The molecule has 0 heterocycles. The molecular formula is C17H20N2O. The maximum atomic E-state index is 9.08. The summed E-state index contributed by atoms with van der Waals surface area (Å²) in [4.78, 5) is 0. The summed E-state index contributed by atoms with van der Waals surface area (Å²) in [6.07, 6.45) is 0.292. The second-order valence-electron chi connectivity index (χ2n) is 4.69. The van der Waals surface area contributed by atoms with Crippen LogP contribution in [0.4, 0.5) is 0 Å². The van der Waals surface area contributed by atoms with Gasteiger partial charge in [0.05, 0.1) is 0 Å². The van der Waals surface area contributed by atoms with E-state index in [9.17, 15) is 0 Å². The number of hydrogen-bond donors (Lipinski definition) is 1. The lowest BCUT2D eigenvalue weighted by Crippen LogP contribution is -2.17. The van der Waals surface area contributed by atoms with Crippen molar-refractivity contribution in [1.29, 1.82) is 5.26 Å². The third-order valence-electron chi connectivity index (χ3n) is 3.33. The van der Waals surface area contributed by atoms with Crippen LogP contribution in [0.25, 0.3) is 10.8 Å². The number of nitrogens with one attached hydrogen (secondary N) is 1. The van der Waals surface area contributed by atoms with Gasteiger partial charge in [0.25, 0.3) is 0 Å². The van der Waals surface area contributed by atoms with Crippen LogP contribution >= 0.6 is 0 Å². The second-order valence-corrected chi connectivity index (χ2v) is 4.69. The van der Waals surface area contributed by atoms with Gasteiger partial charge in [-0.1, -0.05) is 44.2 Å². The summed E-state index contributed by atoms with van der Waals surface area (Å²) in [5.74, 6) is 0.804. The van der Waals surface area contributed by atoms with Crippen LogP contribution in [0.5, 0.6) is 5.75 Å². The standard InChI is InChI=1S/C17H20N2O/c1-3-14(11-18)20-17-10-9-13-7-5-6-8-15(13)16(17)12-19-4-2/h5-10,14,19H,3-4,12H2,1-2H3. The van der Waals surface area contributed by atoms with Gasteiger partial charge in [0, 0.05) is 12.1 Å². The number of rotatable bonds is 6. The first-order chi connectivity index (χ1) is 9.80. The lowest BCUT2D eigenvalue weighted by Gasteiger charge is -2.17. The Morgan fingerprint density at radius 1 is 1.20 bits per heavy atom. The fraction of sp³-hybridized carbons (Fsp3) is 0.353. The Bertz CT molecular complexity index is 616. The first-order valence-corrected chi connectivity index (χ1v) is 7.07. The van der Waals surface area contributed by atoms with Gasteiger partial charge in [-0.3, -0.25) is 0 Å². The second kappa shape index (κ2) is 6.93. The Labute approximate surface area is 120 Å². The topological polar surface area (TPSA) is 45.0 Å². The lowest BCUT2D eigenvalue weighted by atomic mass is 10.0. The third-order valence-corrected chi connectivity index (χ3v) is 3.33. The largest absolute Gasteiger partial charge is 0.475 e. The van der Waals surface area contributed by atoms with Crippen molar-refractivity contribution >= 4 is 10.8 Å². The molecule has 2 aromatic rings. The molecule has 0 aliphatic carbocycles. The number of nitriles is 1. The molecule has 104 valence electrons. The lowest BCUT2D eigenvalue weighted by molar-refractivity contribution is 0.249. The summed E-state index contributed by atoms with van der Waals surface area (Å²) >= 11 is 0. The molecule has 2 rings (SSSR count). The predicted molar refractivity (Wildman–Crippen MR) is 81.6 cm³/mol. The van der Waals surface area contributed by atoms with Gasteiger partial charge in [-0.05, 0) is 29.8 Å². The van der Waals surface area contributed by atoms with Gasteiger partial charge in [-0.15, -0.1) is 0 Å². The van der Waals surface area contributed by atoms with Crippen LogP contribution < -0.4 is 10.1 Å². The van der Waals surface area contributed by atoms with E-state index in [2.05, 4.69) is 30.4 Å². The average molecular weight is 268 g/mol. The van der Waals surface area contributed by atoms with Gasteiger partial charge in [-0.25, -0.2) is 0 Å². The molecule has 0 aliphatic rings. The minimum atomic E-state index is -0.392. The van der Waals surface area contributed by atoms with E-state index in [0.717, 1.165) is 24.4 Å². The molecule has 1 N–H and O–H groups in total. The van der Waals surface area contributed by atoms with Crippen molar-refractivity contribution in [1.82, 2.24) is 5.32 Å². The van der Waals surface area contributed by atoms with Crippen molar-refractivity contribution in [2.45, 2.75) is 32.9 Å². The summed E-state index contributed by atoms with van der Waals surface area (Å²) < 4.78 is 5.85. The van der Waals surface area contributed by atoms with Crippen LogP contribution in [0.1, 0.15) is 25.8 Å². The maximum Gasteiger partial charge on any atom is 0.184 e. The molecule has 0 saturated heterocycles. The molecule has 0 fully saturated rings. The van der Waals surface area contributed by atoms with Crippen molar-refractivity contribution in [2.24, 2.45) is 0 Å². The van der Waals surface area contributed by atoms with Crippen LogP contribution in [0.15, 0.2) is 36.4 Å². The van der Waals surface area contributed by atoms with Crippen molar-refractivity contribution in [3.63, 3.8) is 0 Å². The molecule has 0 bridgehead atoms. The van der Waals surface area contributed by atoms with E-state index in [4.69, 9.17) is 10.00 Å². The van der Waals surface area contributed by atoms with E-state index >= 15 is 0 Å². The molecule has 0 aromatic heterocycles. The molecule has 0 spiro atoms. The molecule has 3 nitrogen and oxygen atoms in total. The zero-order chi connectivity index (χ0) is 14.4. The fourth-order valence-corrected chi connectivity index (χ4v) is 2.21. The van der Waals surface area contributed by atoms with E-state index < -0.39 is 6.10 Å². The van der Waals surface area contributed by atoms with E-state index in [-0.39, 0.29) is 0 Å². The predicted octanol–water partition coefficient (Wildman–Crippen LogP) is 3.63. The van der Waals surface area contributed by atoms with Crippen LogP contribution in [0, 0.1) is 11.3 Å². The molecule has 0 aliphatic heterocycles. The Kier molecular flexibility index (Phi) is 4.97. The summed E-state index contributed by atoms with van der Waals surface area (Å²) in [5, 5.41) is 14.8. The smallest absolute Gasteiger partial charge is 0.184 e. The minimum absolute atomic E-state index is 0.392. The van der Waals surface area contributed by atoms with Gasteiger partial charge in [0.2, 0.25) is 0 Å². The van der Waals surface area contributed by atoms with Gasteiger partial charge in [-0.2, -0.15) is 5.26 Å². The average Bonchev–Trinajstić information content (AvgIpc) is 2.51. The fourth-order valence-electron chi connectivity index (χ4n) is 2.21. The molecule has 1 atom stereocenters. The van der Waals surface area contributed by atoms with Crippen molar-refractivity contribution in [2.75, 3.05) is 6.54 Å². The molecule has 2 aromatic carbocycles. The van der Waals surface area contributed by atoms with E-state index in [1.165, 1.54) is 10.8 Å². The zero-order valence-corrected chi connectivity index (χ0v) is 12.0. The van der Waals surface area contributed by atoms with Crippen LogP contribution in [-0.2, 0) is 6.54 Å². The zero-order valence-electron chi connectivity index (χ0n) is 12.0. The molecule has 0 radical (unpaired) electrons. The highest BCUT2D eigenvalue weighted by Crippen LogP contribution is 2.29. The Morgan fingerprint density at radius 2 is 2.00 bits per heavy atom. The highest BCUT2D eigenvalue weighted by atomic mass is 16.5. The third kappa shape index (κ3) is 3.09. The van der Waals surface area contributed by atoms with Crippen LogP contribution in [0.2, 0.25) is 0 Å². The highest BCUT2D eigenvalue weighted by Gasteiger charge is 2.12. The normalized spacial score (nSPS) is 12.1. The molecule has 20 heavy (non-hydrogen) atoms. The summed E-state index contributed by atoms with van der Waals surface area (Å²) in [6.45, 7) is 5.68. The SMILES string of the molecule is CCNCc1c(OC(C#N)CC)ccc2ccccc12. The summed E-state index contributed by atoms with van der Waals surface area (Å²) in [7, 11) is 0. The van der Waals surface area contributed by atoms with Crippen molar-refractivity contribution in [3.8, 4) is 11.8 Å². The Balaban J connectivity index is 2.44. The minimum Gasteiger partial charge on any atom is -0.475 e. The summed E-state index contributed by atoms with van der Waals surface area (Å²) in [5.41, 5.74) is 1.12. The Morgan fingerprint density at radius 3 is 2.70 bits per heavy atom. The summed E-state index contributed by atoms with van der Waals surface area (Å²) in [6, 6.07) is 14.5. The maximum absolute atomic E-state index is 9.08. The molecule has 0 saturated carbocycles. The van der Waals surface area contributed by atoms with Crippen LogP contribution in [0.3, 0.4) is 0 Å². The van der Waals surface area contributed by atoms with Gasteiger partial charge in [0.15, 0.2) is 6.10 Å². The van der Waals surface area contributed by atoms with Gasteiger partial charge < -0.3 is 10.1 Å². The van der Waals surface area contributed by atoms with Crippen LogP contribution in [-0.4, -0.2) is 12.6 Å². The van der Waals surface area contributed by atoms with E-state index in [0.29, 0.717) is 6.42 Å². The number of hydrogen-bond acceptors (Lipinski definition) is 3. The monoisotopic (exact) mass is 268 g/mol. The molecule has 3 heteroatoms. The quantitative estimate of drug-likeness (QED) is 0.870. The van der Waals surface area contributed by atoms with Crippen molar-refractivity contribution in [3.05, 3.63) is 42.0 Å². The molecule has 1 unspecified atom stereocenters. The molecule has 0 amide bonds. The van der Waals surface area contributed by atoms with E-state index in [1.54, 1.807) is 0 Å².